The van der Waals surface area contributed by atoms with Gasteiger partial charge in [-0.3, -0.25) is 4.79 Å². The summed E-state index contributed by atoms with van der Waals surface area (Å²) in [6.07, 6.45) is 0. The van der Waals surface area contributed by atoms with Crippen molar-refractivity contribution in [2.24, 2.45) is 0 Å². The lowest BCUT2D eigenvalue weighted by Gasteiger charge is -2.07. The predicted octanol–water partition coefficient (Wildman–Crippen LogP) is 4.15. The Bertz CT molecular complexity index is 978. The van der Waals surface area contributed by atoms with Gasteiger partial charge < -0.3 is 14.8 Å². The molecule has 0 aliphatic carbocycles. The lowest BCUT2D eigenvalue weighted by molar-refractivity contribution is -0.113. The van der Waals surface area contributed by atoms with E-state index >= 15 is 0 Å². The number of thioether (sulfide) groups is 1. The molecule has 0 aliphatic rings. The third kappa shape index (κ3) is 6.08. The fourth-order valence-corrected chi connectivity index (χ4v) is 4.48. The van der Waals surface area contributed by atoms with E-state index in [1.165, 1.54) is 11.8 Å². The van der Waals surface area contributed by atoms with Crippen molar-refractivity contribution >= 4 is 45.9 Å². The number of nitrogens with one attached hydrogen (secondary N) is 1. The molecule has 0 saturated heterocycles. The minimum Gasteiger partial charge on any atom is -0.462 e. The van der Waals surface area contributed by atoms with E-state index in [4.69, 9.17) is 14.7 Å². The number of ether oxygens (including phenoxy) is 2. The third-order valence-electron chi connectivity index (χ3n) is 3.90. The molecule has 1 N–H and O–H groups in total. The van der Waals surface area contributed by atoms with Gasteiger partial charge in [0.15, 0.2) is 0 Å². The fourth-order valence-electron chi connectivity index (χ4n) is 2.60. The summed E-state index contributed by atoms with van der Waals surface area (Å²) in [5, 5.41) is 11.9. The van der Waals surface area contributed by atoms with E-state index in [2.05, 4.69) is 11.4 Å². The second-order valence-corrected chi connectivity index (χ2v) is 8.06. The molecule has 0 aliphatic heterocycles. The number of benzene rings is 1. The molecule has 0 fully saturated rings. The van der Waals surface area contributed by atoms with E-state index < -0.39 is 11.9 Å². The summed E-state index contributed by atoms with van der Waals surface area (Å²) in [6, 6.07) is 9.26. The van der Waals surface area contributed by atoms with Crippen LogP contribution < -0.4 is 5.32 Å². The highest BCUT2D eigenvalue weighted by Gasteiger charge is 2.27. The van der Waals surface area contributed by atoms with Gasteiger partial charge in [0.05, 0.1) is 36.2 Å². The average molecular weight is 447 g/mol. The Balaban J connectivity index is 2.10. The Labute approximate surface area is 183 Å². The zero-order valence-corrected chi connectivity index (χ0v) is 18.6. The van der Waals surface area contributed by atoms with Crippen LogP contribution in [0.4, 0.5) is 5.00 Å². The van der Waals surface area contributed by atoms with Gasteiger partial charge in [-0.05, 0) is 44.0 Å². The molecule has 1 aromatic heterocycles. The topological polar surface area (TPSA) is 105 Å². The first kappa shape index (κ1) is 23.4. The largest absolute Gasteiger partial charge is 0.462 e. The Morgan fingerprint density at radius 2 is 1.87 bits per heavy atom. The van der Waals surface area contributed by atoms with Crippen LogP contribution in [-0.4, -0.2) is 36.8 Å². The predicted molar refractivity (Wildman–Crippen MR) is 117 cm³/mol. The minimum absolute atomic E-state index is 0.144. The van der Waals surface area contributed by atoms with Gasteiger partial charge in [0, 0.05) is 5.75 Å². The summed E-state index contributed by atoms with van der Waals surface area (Å²) >= 11 is 2.38. The lowest BCUT2D eigenvalue weighted by Crippen LogP contribution is -2.16. The van der Waals surface area contributed by atoms with E-state index in [1.54, 1.807) is 39.0 Å². The van der Waals surface area contributed by atoms with Gasteiger partial charge >= 0.3 is 11.9 Å². The van der Waals surface area contributed by atoms with Crippen LogP contribution in [0.25, 0.3) is 0 Å². The van der Waals surface area contributed by atoms with Crippen molar-refractivity contribution in [3.05, 3.63) is 51.4 Å². The van der Waals surface area contributed by atoms with Crippen LogP contribution in [0.5, 0.6) is 0 Å². The van der Waals surface area contributed by atoms with Crippen LogP contribution in [0, 0.1) is 18.3 Å². The summed E-state index contributed by atoms with van der Waals surface area (Å²) < 4.78 is 10.1. The van der Waals surface area contributed by atoms with Gasteiger partial charge in [-0.25, -0.2) is 9.59 Å². The normalized spacial score (nSPS) is 10.2. The average Bonchev–Trinajstić information content (AvgIpc) is 3.04. The first-order valence-electron chi connectivity index (χ1n) is 9.25. The fraction of sp³-hybridized carbons (Fsp3) is 0.333. The molecule has 2 aromatic rings. The second kappa shape index (κ2) is 11.4. The van der Waals surface area contributed by atoms with E-state index in [-0.39, 0.29) is 40.3 Å². The van der Waals surface area contributed by atoms with Crippen molar-refractivity contribution in [1.29, 1.82) is 5.26 Å². The van der Waals surface area contributed by atoms with E-state index in [0.717, 1.165) is 16.9 Å². The molecule has 0 unspecified atom stereocenters. The first-order chi connectivity index (χ1) is 14.4. The summed E-state index contributed by atoms with van der Waals surface area (Å²) in [5.41, 5.74) is 2.10. The standard InChI is InChI=1S/C21H22N2O5S2/c1-4-27-20(25)17-13(3)18(21(26)28-5-2)30-19(17)23-16(24)12-29-11-15-8-6-7-14(9-15)10-22/h6-9H,4-5,11-12H2,1-3H3,(H,23,24). The zero-order valence-electron chi connectivity index (χ0n) is 16.9. The molecule has 0 atom stereocenters. The summed E-state index contributed by atoms with van der Waals surface area (Å²) in [5.74, 6) is -0.745. The lowest BCUT2D eigenvalue weighted by atomic mass is 10.1. The van der Waals surface area contributed by atoms with E-state index in [0.29, 0.717) is 16.9 Å². The number of hydrogen-bond acceptors (Lipinski definition) is 8. The highest BCUT2D eigenvalue weighted by atomic mass is 32.2. The van der Waals surface area contributed by atoms with Crippen LogP contribution in [-0.2, 0) is 20.0 Å². The van der Waals surface area contributed by atoms with Crippen molar-refractivity contribution in [2.45, 2.75) is 26.5 Å². The van der Waals surface area contributed by atoms with Crippen molar-refractivity contribution in [2.75, 3.05) is 24.3 Å². The number of thiophene rings is 1. The number of amides is 1. The number of rotatable bonds is 9. The molecule has 0 saturated carbocycles. The number of esters is 2. The molecule has 1 heterocycles. The van der Waals surface area contributed by atoms with Crippen molar-refractivity contribution < 1.29 is 23.9 Å². The smallest absolute Gasteiger partial charge is 0.348 e. The zero-order chi connectivity index (χ0) is 22.1. The molecule has 30 heavy (non-hydrogen) atoms. The minimum atomic E-state index is -0.599. The van der Waals surface area contributed by atoms with Crippen LogP contribution >= 0.6 is 23.1 Å². The quantitative estimate of drug-likeness (QED) is 0.577. The van der Waals surface area contributed by atoms with E-state index in [9.17, 15) is 14.4 Å². The maximum atomic E-state index is 12.4. The molecular weight excluding hydrogens is 424 g/mol. The first-order valence-corrected chi connectivity index (χ1v) is 11.2. The summed E-state index contributed by atoms with van der Waals surface area (Å²) in [6.45, 7) is 5.38. The maximum Gasteiger partial charge on any atom is 0.348 e. The molecule has 1 amide bonds. The van der Waals surface area contributed by atoms with Crippen molar-refractivity contribution in [3.8, 4) is 6.07 Å². The van der Waals surface area contributed by atoms with Crippen molar-refractivity contribution in [3.63, 3.8) is 0 Å². The molecule has 0 bridgehead atoms. The summed E-state index contributed by atoms with van der Waals surface area (Å²) in [7, 11) is 0. The highest BCUT2D eigenvalue weighted by Crippen LogP contribution is 2.34. The van der Waals surface area contributed by atoms with Crippen LogP contribution in [0.15, 0.2) is 24.3 Å². The van der Waals surface area contributed by atoms with E-state index in [1.807, 2.05) is 6.07 Å². The van der Waals surface area contributed by atoms with Gasteiger partial charge in [0.2, 0.25) is 5.91 Å². The summed E-state index contributed by atoms with van der Waals surface area (Å²) in [4.78, 5) is 37.2. The SMILES string of the molecule is CCOC(=O)c1sc(NC(=O)CSCc2cccc(C#N)c2)c(C(=O)OCC)c1C. The number of nitrogens with zero attached hydrogens (tertiary/aromatic N) is 1. The van der Waals surface area contributed by atoms with Gasteiger partial charge in [-0.15, -0.1) is 23.1 Å². The Morgan fingerprint density at radius 3 is 2.53 bits per heavy atom. The Hall–Kier alpha value is -2.83. The maximum absolute atomic E-state index is 12.4. The van der Waals surface area contributed by atoms with Gasteiger partial charge in [-0.2, -0.15) is 5.26 Å². The Kier molecular flexibility index (Phi) is 8.89. The van der Waals surface area contributed by atoms with Crippen molar-refractivity contribution in [1.82, 2.24) is 0 Å². The second-order valence-electron chi connectivity index (χ2n) is 6.05. The monoisotopic (exact) mass is 446 g/mol. The number of hydrogen-bond donors (Lipinski definition) is 1. The molecule has 0 spiro atoms. The van der Waals surface area contributed by atoms with Gasteiger partial charge in [0.1, 0.15) is 9.88 Å². The number of carbonyl (C=O) groups excluding carboxylic acids is 3. The number of carbonyl (C=O) groups is 3. The third-order valence-corrected chi connectivity index (χ3v) is 6.09. The Morgan fingerprint density at radius 1 is 1.17 bits per heavy atom. The van der Waals surface area contributed by atoms with Crippen LogP contribution in [0.2, 0.25) is 0 Å². The van der Waals surface area contributed by atoms with Crippen LogP contribution in [0.1, 0.15) is 50.6 Å². The molecule has 9 heteroatoms. The van der Waals surface area contributed by atoms with Crippen LogP contribution in [0.3, 0.4) is 0 Å². The molecule has 158 valence electrons. The molecule has 1 aromatic carbocycles. The van der Waals surface area contributed by atoms with Gasteiger partial charge in [0.25, 0.3) is 0 Å². The highest BCUT2D eigenvalue weighted by molar-refractivity contribution is 7.99. The number of anilines is 1. The molecule has 0 radical (unpaired) electrons. The molecule has 2 rings (SSSR count). The number of nitriles is 1. The van der Waals surface area contributed by atoms with Gasteiger partial charge in [-0.1, -0.05) is 12.1 Å². The molecule has 7 nitrogen and oxygen atoms in total. The molecular formula is C21H22N2O5S2.